The molecule has 0 aliphatic heterocycles. The van der Waals surface area contributed by atoms with Crippen LogP contribution in [0.1, 0.15) is 54.5 Å². The third-order valence-corrected chi connectivity index (χ3v) is 3.25. The monoisotopic (exact) mass is 333 g/mol. The van der Waals surface area contributed by atoms with E-state index in [0.29, 0.717) is 0 Å². The summed E-state index contributed by atoms with van der Waals surface area (Å²) in [7, 11) is 1.32. The van der Waals surface area contributed by atoms with Gasteiger partial charge in [0.1, 0.15) is 6.61 Å². The minimum absolute atomic E-state index is 0.0189. The van der Waals surface area contributed by atoms with E-state index in [0.717, 1.165) is 18.4 Å². The lowest BCUT2D eigenvalue weighted by Gasteiger charge is -2.07. The summed E-state index contributed by atoms with van der Waals surface area (Å²) in [6.07, 6.45) is 7.04. The molecule has 0 unspecified atom stereocenters. The molecule has 1 N–H and O–H groups in total. The minimum Gasteiger partial charge on any atom is -0.494 e. The molecule has 0 atom stereocenters. The molecule has 0 bridgehead atoms. The number of rotatable bonds is 8. The second-order valence-corrected chi connectivity index (χ2v) is 5.55. The van der Waals surface area contributed by atoms with Gasteiger partial charge < -0.3 is 14.6 Å². The van der Waals surface area contributed by atoms with Gasteiger partial charge in [-0.3, -0.25) is 0 Å². The number of carbonyl (C=O) groups is 2. The first-order valence-corrected chi connectivity index (χ1v) is 7.58. The van der Waals surface area contributed by atoms with Crippen molar-refractivity contribution < 1.29 is 24.2 Å². The van der Waals surface area contributed by atoms with Crippen molar-refractivity contribution in [3.63, 3.8) is 0 Å². The number of pyridine rings is 1. The molecule has 1 rings (SSSR count). The normalized spacial score (nSPS) is 10.9. The molecule has 0 amide bonds. The number of methoxy groups -OCH3 is 1. The Kier molecular flexibility index (Phi) is 7.68. The first-order valence-electron chi connectivity index (χ1n) is 7.58. The number of hydrogen-bond acceptors (Lipinski definition) is 5. The lowest BCUT2D eigenvalue weighted by molar-refractivity contribution is 0.0545. The average molecular weight is 333 g/mol. The summed E-state index contributed by atoms with van der Waals surface area (Å²) in [5, 5.41) is 8.96. The fourth-order valence-electron chi connectivity index (χ4n) is 1.91. The Bertz CT molecular complexity index is 657. The number of carbonyl (C=O) groups excluding carboxylic acids is 1. The summed E-state index contributed by atoms with van der Waals surface area (Å²) in [6.45, 7) is 6.25. The van der Waals surface area contributed by atoms with Crippen LogP contribution in [0.15, 0.2) is 35.6 Å². The molecule has 1 aromatic heterocycles. The fraction of sp³-hybridized carbons (Fsp3) is 0.389. The Morgan fingerprint density at radius 1 is 1.25 bits per heavy atom. The number of esters is 1. The maximum Gasteiger partial charge on any atom is 0.358 e. The number of allylic oxidation sites excluding steroid dienone is 3. The van der Waals surface area contributed by atoms with Crippen LogP contribution in [0.3, 0.4) is 0 Å². The van der Waals surface area contributed by atoms with Gasteiger partial charge in [-0.15, -0.1) is 0 Å². The molecule has 0 aliphatic rings. The molecule has 1 heterocycles. The van der Waals surface area contributed by atoms with Crippen molar-refractivity contribution in [1.82, 2.24) is 4.98 Å². The maximum atomic E-state index is 12.0. The molecule has 24 heavy (non-hydrogen) atoms. The highest BCUT2D eigenvalue weighted by Crippen LogP contribution is 2.18. The van der Waals surface area contributed by atoms with Crippen LogP contribution in [-0.2, 0) is 4.74 Å². The maximum absolute atomic E-state index is 12.0. The molecule has 6 nitrogen and oxygen atoms in total. The minimum atomic E-state index is -1.22. The van der Waals surface area contributed by atoms with E-state index in [1.807, 2.05) is 13.0 Å². The van der Waals surface area contributed by atoms with E-state index in [4.69, 9.17) is 14.6 Å². The third-order valence-electron chi connectivity index (χ3n) is 3.25. The van der Waals surface area contributed by atoms with Crippen molar-refractivity contribution in [2.45, 2.75) is 33.6 Å². The second-order valence-electron chi connectivity index (χ2n) is 5.55. The molecular formula is C18H23NO5. The van der Waals surface area contributed by atoms with Gasteiger partial charge in [0.25, 0.3) is 0 Å². The first-order chi connectivity index (χ1) is 11.3. The molecule has 0 saturated heterocycles. The number of carboxylic acids is 1. The zero-order valence-corrected chi connectivity index (χ0v) is 14.5. The van der Waals surface area contributed by atoms with Crippen LogP contribution >= 0.6 is 0 Å². The summed E-state index contributed by atoms with van der Waals surface area (Å²) in [5.41, 5.74) is 2.31. The van der Waals surface area contributed by atoms with Gasteiger partial charge in [-0.1, -0.05) is 17.2 Å². The highest BCUT2D eigenvalue weighted by Gasteiger charge is 2.16. The van der Waals surface area contributed by atoms with E-state index in [1.165, 1.54) is 24.9 Å². The zero-order valence-electron chi connectivity index (χ0n) is 14.5. The quantitative estimate of drug-likeness (QED) is 0.577. The largest absolute Gasteiger partial charge is 0.494 e. The Morgan fingerprint density at radius 3 is 2.54 bits per heavy atom. The lowest BCUT2D eigenvalue weighted by Crippen LogP contribution is -2.09. The second kappa shape index (κ2) is 9.50. The molecule has 6 heteroatoms. The molecule has 1 aromatic rings. The highest BCUT2D eigenvalue weighted by atomic mass is 16.5. The number of ether oxygens (including phenoxy) is 2. The van der Waals surface area contributed by atoms with Crippen molar-refractivity contribution in [3.05, 3.63) is 46.8 Å². The zero-order chi connectivity index (χ0) is 18.1. The lowest BCUT2D eigenvalue weighted by atomic mass is 10.1. The van der Waals surface area contributed by atoms with Gasteiger partial charge in [0, 0.05) is 6.20 Å². The first kappa shape index (κ1) is 19.4. The number of aromatic nitrogens is 1. The Morgan fingerprint density at radius 2 is 1.96 bits per heavy atom. The smallest absolute Gasteiger partial charge is 0.358 e. The molecule has 0 saturated carbocycles. The predicted octanol–water partition coefficient (Wildman–Crippen LogP) is 3.64. The van der Waals surface area contributed by atoms with E-state index in [-0.39, 0.29) is 23.6 Å². The third kappa shape index (κ3) is 6.24. The standard InChI is InChI=1S/C18H23NO5/c1-12(2)6-5-7-13(3)8-9-24-18(22)14-10-15(23-4)16(17(20)21)19-11-14/h6,8,10-11H,5,7,9H2,1-4H3,(H,20,21). The van der Waals surface area contributed by atoms with Crippen LogP contribution in [-0.4, -0.2) is 35.7 Å². The van der Waals surface area contributed by atoms with Crippen LogP contribution in [0.25, 0.3) is 0 Å². The molecule has 0 spiro atoms. The fourth-order valence-corrected chi connectivity index (χ4v) is 1.91. The van der Waals surface area contributed by atoms with Crippen molar-refractivity contribution in [1.29, 1.82) is 0 Å². The van der Waals surface area contributed by atoms with E-state index < -0.39 is 11.9 Å². The van der Waals surface area contributed by atoms with Crippen LogP contribution in [0, 0.1) is 0 Å². The van der Waals surface area contributed by atoms with Gasteiger partial charge in [-0.25, -0.2) is 14.6 Å². The van der Waals surface area contributed by atoms with E-state index in [1.54, 1.807) is 0 Å². The van der Waals surface area contributed by atoms with Crippen molar-refractivity contribution >= 4 is 11.9 Å². The van der Waals surface area contributed by atoms with Gasteiger partial charge in [0.05, 0.1) is 12.7 Å². The number of aromatic carboxylic acids is 1. The molecule has 0 aliphatic carbocycles. The number of hydrogen-bond donors (Lipinski definition) is 1. The Balaban J connectivity index is 2.62. The SMILES string of the molecule is COc1cc(C(=O)OCC=C(C)CCC=C(C)C)cnc1C(=O)O. The van der Waals surface area contributed by atoms with Crippen LogP contribution in [0.4, 0.5) is 0 Å². The average Bonchev–Trinajstić information content (AvgIpc) is 2.53. The van der Waals surface area contributed by atoms with Gasteiger partial charge >= 0.3 is 11.9 Å². The van der Waals surface area contributed by atoms with Crippen molar-refractivity contribution in [2.75, 3.05) is 13.7 Å². The van der Waals surface area contributed by atoms with Crippen LogP contribution in [0.5, 0.6) is 5.75 Å². The molecule has 0 radical (unpaired) electrons. The summed E-state index contributed by atoms with van der Waals surface area (Å²) < 4.78 is 10.1. The van der Waals surface area contributed by atoms with E-state index in [9.17, 15) is 9.59 Å². The van der Waals surface area contributed by atoms with Crippen molar-refractivity contribution in [3.8, 4) is 5.75 Å². The number of nitrogens with zero attached hydrogens (tertiary/aromatic N) is 1. The summed E-state index contributed by atoms with van der Waals surface area (Å²) in [6, 6.07) is 1.31. The molecule has 130 valence electrons. The summed E-state index contributed by atoms with van der Waals surface area (Å²) in [5.74, 6) is -1.78. The predicted molar refractivity (Wildman–Crippen MR) is 90.5 cm³/mol. The van der Waals surface area contributed by atoms with Gasteiger partial charge in [0.2, 0.25) is 0 Å². The molecule has 0 fully saturated rings. The topological polar surface area (TPSA) is 85.7 Å². The van der Waals surface area contributed by atoms with Crippen LogP contribution < -0.4 is 4.74 Å². The summed E-state index contributed by atoms with van der Waals surface area (Å²) in [4.78, 5) is 26.7. The number of carboxylic acid groups (broad SMARTS) is 1. The van der Waals surface area contributed by atoms with Gasteiger partial charge in [-0.05, 0) is 45.8 Å². The van der Waals surface area contributed by atoms with E-state index >= 15 is 0 Å². The van der Waals surface area contributed by atoms with E-state index in [2.05, 4.69) is 24.9 Å². The highest BCUT2D eigenvalue weighted by molar-refractivity contribution is 5.93. The molecular weight excluding hydrogens is 310 g/mol. The Hall–Kier alpha value is -2.63. The molecule has 0 aromatic carbocycles. The van der Waals surface area contributed by atoms with Gasteiger partial charge in [-0.2, -0.15) is 0 Å². The van der Waals surface area contributed by atoms with Crippen LogP contribution in [0.2, 0.25) is 0 Å². The van der Waals surface area contributed by atoms with Gasteiger partial charge in [0.15, 0.2) is 11.4 Å². The van der Waals surface area contributed by atoms with Crippen molar-refractivity contribution in [2.24, 2.45) is 0 Å². The Labute approximate surface area is 141 Å². The summed E-state index contributed by atoms with van der Waals surface area (Å²) >= 11 is 0.